The third-order valence-corrected chi connectivity index (χ3v) is 4.91. The van der Waals surface area contributed by atoms with E-state index in [1.165, 1.54) is 6.21 Å². The summed E-state index contributed by atoms with van der Waals surface area (Å²) in [5.41, 5.74) is 3.45. The molecular formula is C21H21BrClN3O5. The van der Waals surface area contributed by atoms with E-state index < -0.39 is 30.4 Å². The number of ether oxygens (including phenoxy) is 1. The maximum Gasteiger partial charge on any atom is 0.341 e. The lowest BCUT2D eigenvalue weighted by Gasteiger charge is -2.20. The van der Waals surface area contributed by atoms with Crippen molar-refractivity contribution in [1.82, 2.24) is 10.7 Å². The van der Waals surface area contributed by atoms with Gasteiger partial charge in [0.15, 0.2) is 6.61 Å². The number of rotatable bonds is 9. The summed E-state index contributed by atoms with van der Waals surface area (Å²) >= 11 is 9.12. The van der Waals surface area contributed by atoms with E-state index in [2.05, 4.69) is 31.8 Å². The molecule has 0 aliphatic rings. The van der Waals surface area contributed by atoms with Crippen molar-refractivity contribution in [1.29, 1.82) is 0 Å². The predicted molar refractivity (Wildman–Crippen MR) is 121 cm³/mol. The van der Waals surface area contributed by atoms with Gasteiger partial charge in [-0.05, 0) is 69.9 Å². The van der Waals surface area contributed by atoms with Crippen LogP contribution in [0.15, 0.2) is 52.0 Å². The van der Waals surface area contributed by atoms with E-state index in [1.54, 1.807) is 42.5 Å². The van der Waals surface area contributed by atoms with Crippen LogP contribution in [0.5, 0.6) is 5.75 Å². The highest BCUT2D eigenvalue weighted by atomic mass is 79.9. The minimum Gasteiger partial charge on any atom is -0.481 e. The quantitative estimate of drug-likeness (QED) is 0.353. The van der Waals surface area contributed by atoms with Gasteiger partial charge in [-0.25, -0.2) is 10.2 Å². The highest BCUT2D eigenvalue weighted by molar-refractivity contribution is 9.10. The molecule has 0 aliphatic heterocycles. The Hall–Kier alpha value is -2.91. The molecule has 1 atom stereocenters. The van der Waals surface area contributed by atoms with Gasteiger partial charge in [-0.15, -0.1) is 0 Å². The molecule has 8 nitrogen and oxygen atoms in total. The number of hydrogen-bond acceptors (Lipinski definition) is 5. The van der Waals surface area contributed by atoms with E-state index >= 15 is 0 Å². The summed E-state index contributed by atoms with van der Waals surface area (Å²) in [5, 5.41) is 15.8. The van der Waals surface area contributed by atoms with Gasteiger partial charge < -0.3 is 15.2 Å². The normalized spacial score (nSPS) is 11.9. The summed E-state index contributed by atoms with van der Waals surface area (Å²) in [6.45, 7) is 3.16. The number of halogens is 2. The van der Waals surface area contributed by atoms with Crippen molar-refractivity contribution in [3.8, 4) is 5.75 Å². The van der Waals surface area contributed by atoms with Crippen LogP contribution in [0.25, 0.3) is 0 Å². The molecule has 3 N–H and O–H groups in total. The lowest BCUT2D eigenvalue weighted by atomic mass is 10.0. The Kier molecular flexibility index (Phi) is 9.02. The zero-order chi connectivity index (χ0) is 23.0. The van der Waals surface area contributed by atoms with E-state index in [-0.39, 0.29) is 5.92 Å². The van der Waals surface area contributed by atoms with Crippen LogP contribution < -0.4 is 15.5 Å². The molecule has 2 amide bonds. The van der Waals surface area contributed by atoms with Crippen LogP contribution in [-0.2, 0) is 9.59 Å². The summed E-state index contributed by atoms with van der Waals surface area (Å²) < 4.78 is 5.67. The van der Waals surface area contributed by atoms with Crippen molar-refractivity contribution in [2.45, 2.75) is 19.9 Å². The van der Waals surface area contributed by atoms with Gasteiger partial charge >= 0.3 is 5.97 Å². The Morgan fingerprint density at radius 3 is 2.45 bits per heavy atom. The molecule has 0 saturated carbocycles. The number of carboxylic acid groups (broad SMARTS) is 1. The van der Waals surface area contributed by atoms with Crippen molar-refractivity contribution >= 4 is 51.5 Å². The van der Waals surface area contributed by atoms with Crippen LogP contribution in [0.2, 0.25) is 5.02 Å². The van der Waals surface area contributed by atoms with Gasteiger partial charge in [0.2, 0.25) is 0 Å². The number of nitrogens with zero attached hydrogens (tertiary/aromatic N) is 1. The predicted octanol–water partition coefficient (Wildman–Crippen LogP) is 3.47. The van der Waals surface area contributed by atoms with Gasteiger partial charge in [0.1, 0.15) is 11.8 Å². The molecule has 164 valence electrons. The van der Waals surface area contributed by atoms with E-state index in [4.69, 9.17) is 21.4 Å². The zero-order valence-corrected chi connectivity index (χ0v) is 19.1. The standard InChI is InChI=1S/C21H21BrClN3O5/c1-12(2)19(25-20(29)14-4-6-15(23)7-5-14)21(30)26-24-10-13-3-8-17(16(22)9-13)31-11-18(27)28/h3-10,12,19H,11H2,1-2H3,(H,25,29)(H,26,30)(H,27,28)/b24-10-. The number of carboxylic acids is 1. The maximum absolute atomic E-state index is 12.5. The lowest BCUT2D eigenvalue weighted by Crippen LogP contribution is -2.48. The molecule has 2 aromatic rings. The van der Waals surface area contributed by atoms with Crippen LogP contribution in [-0.4, -0.2) is 41.8 Å². The smallest absolute Gasteiger partial charge is 0.341 e. The van der Waals surface area contributed by atoms with Gasteiger partial charge in [0, 0.05) is 10.6 Å². The van der Waals surface area contributed by atoms with Gasteiger partial charge in [-0.2, -0.15) is 5.10 Å². The molecule has 31 heavy (non-hydrogen) atoms. The molecule has 0 fully saturated rings. The molecule has 0 spiro atoms. The Balaban J connectivity index is 1.98. The van der Waals surface area contributed by atoms with Crippen LogP contribution in [0.3, 0.4) is 0 Å². The Morgan fingerprint density at radius 1 is 1.19 bits per heavy atom. The number of hydrazone groups is 1. The first kappa shape index (κ1) is 24.4. The maximum atomic E-state index is 12.5. The van der Waals surface area contributed by atoms with Crippen LogP contribution in [0.4, 0.5) is 0 Å². The highest BCUT2D eigenvalue weighted by Gasteiger charge is 2.24. The number of carbonyl (C=O) groups is 3. The molecule has 1 unspecified atom stereocenters. The van der Waals surface area contributed by atoms with Crippen LogP contribution >= 0.6 is 27.5 Å². The van der Waals surface area contributed by atoms with Gasteiger partial charge in [0.05, 0.1) is 10.7 Å². The Morgan fingerprint density at radius 2 is 1.87 bits per heavy atom. The summed E-state index contributed by atoms with van der Waals surface area (Å²) in [6.07, 6.45) is 1.42. The molecule has 0 aliphatic carbocycles. The average Bonchev–Trinajstić information content (AvgIpc) is 2.71. The van der Waals surface area contributed by atoms with Gasteiger partial charge in [-0.1, -0.05) is 25.4 Å². The molecular weight excluding hydrogens is 490 g/mol. The first-order valence-corrected chi connectivity index (χ1v) is 10.4. The summed E-state index contributed by atoms with van der Waals surface area (Å²) in [7, 11) is 0. The number of carbonyl (C=O) groups excluding carboxylic acids is 2. The van der Waals surface area contributed by atoms with Gasteiger partial charge in [-0.3, -0.25) is 9.59 Å². The molecule has 2 aromatic carbocycles. The monoisotopic (exact) mass is 509 g/mol. The number of aliphatic carboxylic acids is 1. The Labute approximate surface area is 192 Å². The molecule has 0 radical (unpaired) electrons. The van der Waals surface area contributed by atoms with Crippen molar-refractivity contribution in [2.75, 3.05) is 6.61 Å². The van der Waals surface area contributed by atoms with Crippen molar-refractivity contribution in [3.63, 3.8) is 0 Å². The fourth-order valence-electron chi connectivity index (χ4n) is 2.45. The number of hydrogen-bond donors (Lipinski definition) is 3. The Bertz CT molecular complexity index is 979. The largest absolute Gasteiger partial charge is 0.481 e. The SMILES string of the molecule is CC(C)C(NC(=O)c1ccc(Cl)cc1)C(=O)N/N=C\c1ccc(OCC(=O)O)c(Br)c1. The number of amides is 2. The fraction of sp³-hybridized carbons (Fsp3) is 0.238. The van der Waals surface area contributed by atoms with E-state index in [0.717, 1.165) is 0 Å². The third-order valence-electron chi connectivity index (χ3n) is 4.04. The first-order chi connectivity index (χ1) is 14.7. The lowest BCUT2D eigenvalue weighted by molar-refractivity contribution is -0.139. The number of nitrogens with one attached hydrogen (secondary N) is 2. The zero-order valence-electron chi connectivity index (χ0n) is 16.8. The van der Waals surface area contributed by atoms with E-state index in [0.29, 0.717) is 26.4 Å². The second-order valence-corrected chi connectivity index (χ2v) is 8.10. The second-order valence-electron chi connectivity index (χ2n) is 6.81. The molecule has 10 heteroatoms. The summed E-state index contributed by atoms with van der Waals surface area (Å²) in [4.78, 5) is 35.5. The third kappa shape index (κ3) is 7.69. The highest BCUT2D eigenvalue weighted by Crippen LogP contribution is 2.25. The molecule has 0 heterocycles. The van der Waals surface area contributed by atoms with E-state index in [9.17, 15) is 14.4 Å². The van der Waals surface area contributed by atoms with Crippen LogP contribution in [0.1, 0.15) is 29.8 Å². The summed E-state index contributed by atoms with van der Waals surface area (Å²) in [6, 6.07) is 10.5. The van der Waals surface area contributed by atoms with Gasteiger partial charge in [0.25, 0.3) is 11.8 Å². The average molecular weight is 511 g/mol. The van der Waals surface area contributed by atoms with Crippen molar-refractivity contribution in [3.05, 3.63) is 63.1 Å². The second kappa shape index (κ2) is 11.5. The minimum atomic E-state index is -1.08. The molecule has 0 aromatic heterocycles. The molecule has 2 rings (SSSR count). The first-order valence-electron chi connectivity index (χ1n) is 9.21. The summed E-state index contributed by atoms with van der Waals surface area (Å²) in [5.74, 6) is -1.74. The minimum absolute atomic E-state index is 0.175. The molecule has 0 saturated heterocycles. The number of benzene rings is 2. The topological polar surface area (TPSA) is 117 Å². The molecule has 0 bridgehead atoms. The fourth-order valence-corrected chi connectivity index (χ4v) is 3.09. The van der Waals surface area contributed by atoms with E-state index in [1.807, 2.05) is 13.8 Å². The van der Waals surface area contributed by atoms with Crippen molar-refractivity contribution in [2.24, 2.45) is 11.0 Å². The van der Waals surface area contributed by atoms with Crippen molar-refractivity contribution < 1.29 is 24.2 Å². The van der Waals surface area contributed by atoms with Crippen LogP contribution in [0, 0.1) is 5.92 Å².